The van der Waals surface area contributed by atoms with E-state index in [0.717, 1.165) is 36.2 Å². The Morgan fingerprint density at radius 1 is 1.33 bits per heavy atom. The van der Waals surface area contributed by atoms with Crippen LogP contribution in [0.25, 0.3) is 0 Å². The third-order valence-corrected chi connectivity index (χ3v) is 5.48. The van der Waals surface area contributed by atoms with Gasteiger partial charge in [0.15, 0.2) is 6.61 Å². The van der Waals surface area contributed by atoms with Gasteiger partial charge in [-0.05, 0) is 45.1 Å². The fourth-order valence-corrected chi connectivity index (χ4v) is 4.12. The summed E-state index contributed by atoms with van der Waals surface area (Å²) < 4.78 is 6.90. The predicted molar refractivity (Wildman–Crippen MR) is 92.6 cm³/mol. The number of hydrogen-bond donors (Lipinski definition) is 1. The second kappa shape index (κ2) is 6.76. The average Bonchev–Trinajstić information content (AvgIpc) is 3.09. The summed E-state index contributed by atoms with van der Waals surface area (Å²) in [6.07, 6.45) is 4.23. The Morgan fingerprint density at radius 3 is 2.79 bits per heavy atom. The van der Waals surface area contributed by atoms with Gasteiger partial charge in [0.2, 0.25) is 0 Å². The van der Waals surface area contributed by atoms with Gasteiger partial charge in [-0.15, -0.1) is 11.3 Å². The monoisotopic (exact) mass is 347 g/mol. The molecule has 0 unspecified atom stereocenters. The van der Waals surface area contributed by atoms with Crippen LogP contribution in [-0.2, 0) is 29.4 Å². The number of rotatable bonds is 4. The molecule has 0 saturated heterocycles. The molecule has 0 fully saturated rings. The molecular weight excluding hydrogens is 326 g/mol. The Hall–Kier alpha value is -2.15. The van der Waals surface area contributed by atoms with Crippen LogP contribution in [0.4, 0.5) is 5.69 Å². The van der Waals surface area contributed by atoms with Gasteiger partial charge in [-0.3, -0.25) is 9.48 Å². The van der Waals surface area contributed by atoms with Crippen LogP contribution in [0.2, 0.25) is 0 Å². The summed E-state index contributed by atoms with van der Waals surface area (Å²) in [6.45, 7) is 3.41. The second-order valence-electron chi connectivity index (χ2n) is 6.05. The van der Waals surface area contributed by atoms with Crippen LogP contribution in [0.5, 0.6) is 0 Å². The van der Waals surface area contributed by atoms with Crippen molar-refractivity contribution >= 4 is 28.9 Å². The lowest BCUT2D eigenvalue weighted by Gasteiger charge is -2.12. The molecule has 0 bridgehead atoms. The molecule has 2 aromatic rings. The maximum absolute atomic E-state index is 12.3. The highest BCUT2D eigenvalue weighted by Gasteiger charge is 2.22. The lowest BCUT2D eigenvalue weighted by molar-refractivity contribution is -0.119. The molecule has 1 aliphatic rings. The van der Waals surface area contributed by atoms with Crippen molar-refractivity contribution in [1.29, 1.82) is 0 Å². The smallest absolute Gasteiger partial charge is 0.339 e. The van der Waals surface area contributed by atoms with Gasteiger partial charge < -0.3 is 10.1 Å². The third-order valence-electron chi connectivity index (χ3n) is 4.39. The molecule has 2 heterocycles. The number of carbonyl (C=O) groups excluding carboxylic acids is 2. The number of carbonyl (C=O) groups is 2. The molecule has 1 N–H and O–H groups in total. The highest BCUT2D eigenvalue weighted by atomic mass is 32.1. The van der Waals surface area contributed by atoms with Gasteiger partial charge in [0.25, 0.3) is 5.91 Å². The number of ether oxygens (including phenoxy) is 1. The minimum Gasteiger partial charge on any atom is -0.452 e. The van der Waals surface area contributed by atoms with Crippen LogP contribution in [0.1, 0.15) is 45.0 Å². The van der Waals surface area contributed by atoms with Gasteiger partial charge in [-0.2, -0.15) is 5.10 Å². The summed E-state index contributed by atoms with van der Waals surface area (Å²) in [5.41, 5.74) is 4.00. The van der Waals surface area contributed by atoms with Crippen molar-refractivity contribution in [3.8, 4) is 0 Å². The number of hydrogen-bond acceptors (Lipinski definition) is 5. The van der Waals surface area contributed by atoms with E-state index in [-0.39, 0.29) is 12.5 Å². The Balaban J connectivity index is 1.60. The van der Waals surface area contributed by atoms with Gasteiger partial charge in [-0.25, -0.2) is 4.79 Å². The molecule has 7 heteroatoms. The first kappa shape index (κ1) is 16.7. The predicted octanol–water partition coefficient (Wildman–Crippen LogP) is 2.77. The van der Waals surface area contributed by atoms with Gasteiger partial charge in [0, 0.05) is 17.3 Å². The number of anilines is 1. The standard InChI is InChI=1S/C17H21N3O3S/c1-10-16(11(2)20(3)19-10)18-15(21)8-23-17(22)13-9-24-14-7-5-4-6-12(13)14/h9H,4-8H2,1-3H3,(H,18,21). The van der Waals surface area contributed by atoms with E-state index in [0.29, 0.717) is 11.3 Å². The molecule has 0 atom stereocenters. The molecular formula is C17H21N3O3S. The molecule has 0 spiro atoms. The Bertz CT molecular complexity index is 791. The van der Waals surface area contributed by atoms with Crippen LogP contribution in [0.15, 0.2) is 5.38 Å². The highest BCUT2D eigenvalue weighted by molar-refractivity contribution is 7.10. The van der Waals surface area contributed by atoms with Gasteiger partial charge in [0.1, 0.15) is 0 Å². The van der Waals surface area contributed by atoms with E-state index in [9.17, 15) is 9.59 Å². The minimum atomic E-state index is -0.413. The third kappa shape index (κ3) is 3.21. The summed E-state index contributed by atoms with van der Waals surface area (Å²) in [5, 5.41) is 8.86. The van der Waals surface area contributed by atoms with E-state index in [2.05, 4.69) is 10.4 Å². The van der Waals surface area contributed by atoms with Crippen LogP contribution in [0, 0.1) is 13.8 Å². The number of thiophene rings is 1. The zero-order valence-electron chi connectivity index (χ0n) is 14.1. The van der Waals surface area contributed by atoms with Crippen molar-refractivity contribution < 1.29 is 14.3 Å². The topological polar surface area (TPSA) is 73.2 Å². The lowest BCUT2D eigenvalue weighted by Crippen LogP contribution is -2.22. The Labute approximate surface area is 144 Å². The van der Waals surface area contributed by atoms with E-state index in [1.807, 2.05) is 26.3 Å². The molecule has 1 amide bonds. The summed E-state index contributed by atoms with van der Waals surface area (Å²) in [7, 11) is 1.82. The van der Waals surface area contributed by atoms with Crippen molar-refractivity contribution in [2.75, 3.05) is 11.9 Å². The van der Waals surface area contributed by atoms with Gasteiger partial charge in [-0.1, -0.05) is 0 Å². The van der Waals surface area contributed by atoms with E-state index in [4.69, 9.17) is 4.74 Å². The first-order valence-electron chi connectivity index (χ1n) is 8.03. The van der Waals surface area contributed by atoms with Crippen molar-refractivity contribution in [2.24, 2.45) is 7.05 Å². The molecule has 0 saturated carbocycles. The Morgan fingerprint density at radius 2 is 2.08 bits per heavy atom. The van der Waals surface area contributed by atoms with Crippen LogP contribution < -0.4 is 5.32 Å². The maximum Gasteiger partial charge on any atom is 0.339 e. The van der Waals surface area contributed by atoms with Gasteiger partial charge >= 0.3 is 5.97 Å². The molecule has 0 radical (unpaired) electrons. The molecule has 2 aromatic heterocycles. The molecule has 0 aromatic carbocycles. The van der Waals surface area contributed by atoms with Crippen molar-refractivity contribution in [3.05, 3.63) is 32.8 Å². The van der Waals surface area contributed by atoms with Crippen molar-refractivity contribution in [1.82, 2.24) is 9.78 Å². The fourth-order valence-electron chi connectivity index (χ4n) is 3.00. The van der Waals surface area contributed by atoms with E-state index < -0.39 is 5.97 Å². The number of nitrogens with zero attached hydrogens (tertiary/aromatic N) is 2. The number of aryl methyl sites for hydroxylation is 3. The molecule has 1 aliphatic carbocycles. The number of esters is 1. The normalized spacial score (nSPS) is 13.5. The zero-order chi connectivity index (χ0) is 17.3. The quantitative estimate of drug-likeness (QED) is 0.863. The number of aromatic nitrogens is 2. The van der Waals surface area contributed by atoms with Crippen LogP contribution in [-0.4, -0.2) is 28.3 Å². The van der Waals surface area contributed by atoms with Crippen LogP contribution >= 0.6 is 11.3 Å². The van der Waals surface area contributed by atoms with Crippen molar-refractivity contribution in [3.63, 3.8) is 0 Å². The minimum absolute atomic E-state index is 0.294. The first-order valence-corrected chi connectivity index (χ1v) is 8.91. The summed E-state index contributed by atoms with van der Waals surface area (Å²) in [5.74, 6) is -0.768. The maximum atomic E-state index is 12.3. The second-order valence-corrected chi connectivity index (χ2v) is 7.02. The summed E-state index contributed by atoms with van der Waals surface area (Å²) >= 11 is 1.61. The average molecular weight is 347 g/mol. The van der Waals surface area contributed by atoms with Crippen LogP contribution in [0.3, 0.4) is 0 Å². The SMILES string of the molecule is Cc1nn(C)c(C)c1NC(=O)COC(=O)c1csc2c1CCCC2. The van der Waals surface area contributed by atoms with E-state index in [1.165, 1.54) is 11.3 Å². The van der Waals surface area contributed by atoms with E-state index >= 15 is 0 Å². The molecule has 24 heavy (non-hydrogen) atoms. The number of fused-ring (bicyclic) bond motifs is 1. The Kier molecular flexibility index (Phi) is 4.71. The summed E-state index contributed by atoms with van der Waals surface area (Å²) in [6, 6.07) is 0. The molecule has 0 aliphatic heterocycles. The number of nitrogens with one attached hydrogen (secondary N) is 1. The first-order chi connectivity index (χ1) is 11.5. The fraction of sp³-hybridized carbons (Fsp3) is 0.471. The lowest BCUT2D eigenvalue weighted by atomic mass is 9.96. The highest BCUT2D eigenvalue weighted by Crippen LogP contribution is 2.30. The molecule has 128 valence electrons. The van der Waals surface area contributed by atoms with Crippen molar-refractivity contribution in [2.45, 2.75) is 39.5 Å². The number of amides is 1. The van der Waals surface area contributed by atoms with E-state index in [1.54, 1.807) is 16.0 Å². The molecule has 3 rings (SSSR count). The largest absolute Gasteiger partial charge is 0.452 e. The van der Waals surface area contributed by atoms with Gasteiger partial charge in [0.05, 0.1) is 22.6 Å². The molecule has 6 nitrogen and oxygen atoms in total. The zero-order valence-corrected chi connectivity index (χ0v) is 15.0. The summed E-state index contributed by atoms with van der Waals surface area (Å²) in [4.78, 5) is 25.6.